The number of benzene rings is 2. The highest BCUT2D eigenvalue weighted by atomic mass is 32.2. The second-order valence-corrected chi connectivity index (χ2v) is 6.97. The van der Waals surface area contributed by atoms with Gasteiger partial charge in [-0.2, -0.15) is 0 Å². The van der Waals surface area contributed by atoms with Crippen molar-refractivity contribution in [3.8, 4) is 0 Å². The smallest absolute Gasteiger partial charge is 0.339 e. The summed E-state index contributed by atoms with van der Waals surface area (Å²) in [6.07, 6.45) is 1.64. The second kappa shape index (κ2) is 8.02. The van der Waals surface area contributed by atoms with Gasteiger partial charge in [0.2, 0.25) is 0 Å². The Bertz CT molecular complexity index is 687. The number of carbonyl (C=O) groups excluding carboxylic acids is 2. The fourth-order valence-corrected chi connectivity index (χ4v) is 3.73. The van der Waals surface area contributed by atoms with E-state index in [-0.39, 0.29) is 22.6 Å². The van der Waals surface area contributed by atoms with Gasteiger partial charge in [-0.05, 0) is 37.1 Å². The zero-order valence-electron chi connectivity index (χ0n) is 13.1. The van der Waals surface area contributed by atoms with Crippen molar-refractivity contribution in [2.75, 3.05) is 6.61 Å². The van der Waals surface area contributed by atoms with E-state index in [1.807, 2.05) is 24.3 Å². The van der Waals surface area contributed by atoms with Crippen molar-refractivity contribution in [1.29, 1.82) is 0 Å². The molecule has 1 unspecified atom stereocenters. The molecule has 2 aromatic carbocycles. The number of rotatable bonds is 5. The van der Waals surface area contributed by atoms with E-state index >= 15 is 0 Å². The predicted octanol–water partition coefficient (Wildman–Crippen LogP) is 3.92. The first kappa shape index (κ1) is 16.6. The number of hydrogen-bond donors (Lipinski definition) is 0. The first-order chi connectivity index (χ1) is 11.7. The molecular formula is C19H18O4S. The zero-order valence-corrected chi connectivity index (χ0v) is 13.9. The Morgan fingerprint density at radius 3 is 2.08 bits per heavy atom. The maximum absolute atomic E-state index is 12.0. The molecule has 1 heterocycles. The van der Waals surface area contributed by atoms with Crippen LogP contribution in [-0.2, 0) is 9.47 Å². The molecule has 0 amide bonds. The Labute approximate surface area is 145 Å². The topological polar surface area (TPSA) is 52.6 Å². The average molecular weight is 342 g/mol. The molecule has 4 nitrogen and oxygen atoms in total. The molecule has 0 radical (unpaired) electrons. The normalized spacial score (nSPS) is 19.7. The van der Waals surface area contributed by atoms with Crippen molar-refractivity contribution in [3.05, 3.63) is 71.8 Å². The molecule has 0 bridgehead atoms. The van der Waals surface area contributed by atoms with Gasteiger partial charge in [0, 0.05) is 5.25 Å². The van der Waals surface area contributed by atoms with E-state index in [4.69, 9.17) is 9.47 Å². The van der Waals surface area contributed by atoms with E-state index < -0.39 is 0 Å². The van der Waals surface area contributed by atoms with Gasteiger partial charge in [0.15, 0.2) is 0 Å². The highest BCUT2D eigenvalue weighted by Crippen LogP contribution is 2.35. The molecular weight excluding hydrogens is 324 g/mol. The van der Waals surface area contributed by atoms with Crippen molar-refractivity contribution in [3.63, 3.8) is 0 Å². The molecule has 1 aliphatic heterocycles. The molecule has 1 fully saturated rings. The first-order valence-corrected chi connectivity index (χ1v) is 8.80. The van der Waals surface area contributed by atoms with Crippen molar-refractivity contribution < 1.29 is 19.1 Å². The predicted molar refractivity (Wildman–Crippen MR) is 93.0 cm³/mol. The number of carbonyl (C=O) groups is 2. The molecule has 2 atom stereocenters. The summed E-state index contributed by atoms with van der Waals surface area (Å²) in [4.78, 5) is 24.0. The molecule has 0 aromatic heterocycles. The van der Waals surface area contributed by atoms with Crippen LogP contribution in [0.15, 0.2) is 60.7 Å². The number of hydrogen-bond acceptors (Lipinski definition) is 5. The minimum absolute atomic E-state index is 0.159. The SMILES string of the molecule is O=C(OC[C@H]1CCC(OC(=O)c2ccccc2)S1)c1ccccc1. The molecule has 24 heavy (non-hydrogen) atoms. The minimum Gasteiger partial charge on any atom is -0.461 e. The van der Waals surface area contributed by atoms with Crippen molar-refractivity contribution in [1.82, 2.24) is 0 Å². The summed E-state index contributed by atoms with van der Waals surface area (Å²) in [7, 11) is 0. The van der Waals surface area contributed by atoms with Gasteiger partial charge in [-0.15, -0.1) is 11.8 Å². The zero-order chi connectivity index (χ0) is 16.8. The van der Waals surface area contributed by atoms with Gasteiger partial charge >= 0.3 is 11.9 Å². The molecule has 0 aliphatic carbocycles. The van der Waals surface area contributed by atoms with Crippen LogP contribution in [0.25, 0.3) is 0 Å². The molecule has 0 spiro atoms. The average Bonchev–Trinajstić information content (AvgIpc) is 3.08. The van der Waals surface area contributed by atoms with E-state index in [0.29, 0.717) is 17.7 Å². The van der Waals surface area contributed by atoms with Crippen LogP contribution < -0.4 is 0 Å². The van der Waals surface area contributed by atoms with Gasteiger partial charge in [-0.25, -0.2) is 9.59 Å². The largest absolute Gasteiger partial charge is 0.461 e. The lowest BCUT2D eigenvalue weighted by Crippen LogP contribution is -2.15. The fraction of sp³-hybridized carbons (Fsp3) is 0.263. The Kier molecular flexibility index (Phi) is 5.54. The summed E-state index contributed by atoms with van der Waals surface area (Å²) in [6.45, 7) is 0.331. The van der Waals surface area contributed by atoms with Crippen LogP contribution in [0.1, 0.15) is 33.6 Å². The van der Waals surface area contributed by atoms with Gasteiger partial charge in [-0.3, -0.25) is 0 Å². The Morgan fingerprint density at radius 1 is 0.875 bits per heavy atom. The summed E-state index contributed by atoms with van der Waals surface area (Å²) < 4.78 is 10.9. The third-order valence-corrected chi connectivity index (χ3v) is 5.12. The van der Waals surface area contributed by atoms with Gasteiger partial charge in [0.1, 0.15) is 12.0 Å². The molecule has 124 valence electrons. The molecule has 5 heteroatoms. The summed E-state index contributed by atoms with van der Waals surface area (Å²) in [5.74, 6) is -0.629. The van der Waals surface area contributed by atoms with E-state index in [1.165, 1.54) is 0 Å². The minimum atomic E-state index is -0.319. The molecule has 1 aliphatic rings. The summed E-state index contributed by atoms with van der Waals surface area (Å²) in [5, 5.41) is 0.159. The van der Waals surface area contributed by atoms with Crippen LogP contribution in [0.5, 0.6) is 0 Å². The summed E-state index contributed by atoms with van der Waals surface area (Å²) in [6, 6.07) is 17.9. The van der Waals surface area contributed by atoms with Gasteiger partial charge in [0.25, 0.3) is 0 Å². The molecule has 0 saturated carbocycles. The third-order valence-electron chi connectivity index (χ3n) is 3.73. The summed E-state index contributed by atoms with van der Waals surface area (Å²) >= 11 is 1.55. The maximum atomic E-state index is 12.0. The number of esters is 2. The lowest BCUT2D eigenvalue weighted by atomic mass is 10.2. The Morgan fingerprint density at radius 2 is 1.46 bits per heavy atom. The van der Waals surface area contributed by atoms with Crippen molar-refractivity contribution >= 4 is 23.7 Å². The molecule has 1 saturated heterocycles. The van der Waals surface area contributed by atoms with Gasteiger partial charge in [0.05, 0.1) is 11.1 Å². The Balaban J connectivity index is 1.44. The van der Waals surface area contributed by atoms with Crippen LogP contribution in [0.3, 0.4) is 0 Å². The van der Waals surface area contributed by atoms with Gasteiger partial charge in [-0.1, -0.05) is 36.4 Å². The standard InChI is InChI=1S/C19H18O4S/c20-18(14-7-3-1-4-8-14)22-13-16-11-12-17(24-16)23-19(21)15-9-5-2-6-10-15/h1-10,16-17H,11-13H2/t16-,17?/m1/s1. The van der Waals surface area contributed by atoms with E-state index in [9.17, 15) is 9.59 Å². The van der Waals surface area contributed by atoms with Crippen molar-refractivity contribution in [2.24, 2.45) is 0 Å². The second-order valence-electron chi connectivity index (χ2n) is 5.50. The van der Waals surface area contributed by atoms with E-state index in [1.54, 1.807) is 48.2 Å². The molecule has 2 aromatic rings. The highest BCUT2D eigenvalue weighted by Gasteiger charge is 2.29. The lowest BCUT2D eigenvalue weighted by Gasteiger charge is -2.13. The fourth-order valence-electron chi connectivity index (χ4n) is 2.47. The quantitative estimate of drug-likeness (QED) is 0.771. The maximum Gasteiger partial charge on any atom is 0.339 e. The van der Waals surface area contributed by atoms with Crippen LogP contribution >= 0.6 is 11.8 Å². The van der Waals surface area contributed by atoms with Crippen LogP contribution in [-0.4, -0.2) is 29.2 Å². The third kappa shape index (κ3) is 4.38. The van der Waals surface area contributed by atoms with E-state index in [0.717, 1.165) is 12.8 Å². The number of thioether (sulfide) groups is 1. The highest BCUT2D eigenvalue weighted by molar-refractivity contribution is 8.00. The first-order valence-electron chi connectivity index (χ1n) is 7.86. The van der Waals surface area contributed by atoms with Crippen LogP contribution in [0, 0.1) is 0 Å². The Hall–Kier alpha value is -2.27. The van der Waals surface area contributed by atoms with Crippen LogP contribution in [0.2, 0.25) is 0 Å². The molecule has 3 rings (SSSR count). The number of ether oxygens (including phenoxy) is 2. The summed E-state index contributed by atoms with van der Waals surface area (Å²) in [5.41, 5.74) is 0.919. The lowest BCUT2D eigenvalue weighted by molar-refractivity contribution is 0.0456. The molecule has 0 N–H and O–H groups in total. The van der Waals surface area contributed by atoms with Crippen molar-refractivity contribution in [2.45, 2.75) is 23.5 Å². The van der Waals surface area contributed by atoms with Gasteiger partial charge < -0.3 is 9.47 Å². The van der Waals surface area contributed by atoms with Crippen LogP contribution in [0.4, 0.5) is 0 Å². The monoisotopic (exact) mass is 342 g/mol. The van der Waals surface area contributed by atoms with E-state index in [2.05, 4.69) is 0 Å².